The lowest BCUT2D eigenvalue weighted by Gasteiger charge is -2.06. The molecule has 0 spiro atoms. The van der Waals surface area contributed by atoms with Crippen molar-refractivity contribution in [2.24, 2.45) is 0 Å². The van der Waals surface area contributed by atoms with E-state index in [1.54, 1.807) is 7.11 Å². The molecule has 3 heteroatoms. The van der Waals surface area contributed by atoms with Crippen molar-refractivity contribution < 1.29 is 9.53 Å². The molecule has 0 heterocycles. The van der Waals surface area contributed by atoms with Crippen LogP contribution in [0, 0.1) is 0 Å². The Morgan fingerprint density at radius 3 is 2.21 bits per heavy atom. The van der Waals surface area contributed by atoms with E-state index in [-0.39, 0.29) is 5.78 Å². The van der Waals surface area contributed by atoms with Gasteiger partial charge in [-0.1, -0.05) is 36.4 Å². The van der Waals surface area contributed by atoms with Crippen molar-refractivity contribution in [1.82, 2.24) is 0 Å². The fraction of sp³-hybridized carbons (Fsp3) is 0.0625. The second-order valence-electron chi connectivity index (χ2n) is 4.29. The number of allylic oxidation sites excluding steroid dienone is 1. The Morgan fingerprint density at radius 2 is 1.58 bits per heavy atom. The van der Waals surface area contributed by atoms with Gasteiger partial charge in [0.05, 0.1) is 11.6 Å². The summed E-state index contributed by atoms with van der Waals surface area (Å²) in [5.41, 5.74) is 3.68. The lowest BCUT2D eigenvalue weighted by molar-refractivity contribution is 0.104. The molecule has 0 aromatic heterocycles. The van der Waals surface area contributed by atoms with Gasteiger partial charge in [0.15, 0.2) is 0 Å². The van der Waals surface area contributed by atoms with Gasteiger partial charge in [-0.2, -0.15) is 0 Å². The minimum absolute atomic E-state index is 0.0430. The molecule has 2 nitrogen and oxygen atoms in total. The largest absolute Gasteiger partial charge is 0.497 e. The number of halogens is 1. The number of Topliss-reactive ketones (excluding diaryl/α,β-unsaturated/α-hetero) is 1. The number of carbonyl (C=O) groups excluding carboxylic acids is 1. The highest BCUT2D eigenvalue weighted by atomic mass is 79.9. The van der Waals surface area contributed by atoms with Crippen molar-refractivity contribution in [2.45, 2.75) is 0 Å². The molecule has 3 rings (SSSR count). The van der Waals surface area contributed by atoms with Crippen LogP contribution in [0.15, 0.2) is 53.0 Å². The van der Waals surface area contributed by atoms with Crippen LogP contribution >= 0.6 is 15.9 Å². The first-order chi connectivity index (χ1) is 9.22. The molecule has 0 N–H and O–H groups in total. The van der Waals surface area contributed by atoms with Crippen LogP contribution in [0.2, 0.25) is 0 Å². The lowest BCUT2D eigenvalue weighted by atomic mass is 9.99. The number of carbonyl (C=O) groups is 1. The molecule has 0 saturated heterocycles. The Balaban J connectivity index is 2.16. The standard InChI is InChI=1S/C16H11BrO2/c1-19-11-8-6-10(7-9-11)14-12-4-2-3-5-13(12)16(18)15(14)17/h2-9H,1H3. The number of ether oxygens (including phenoxy) is 1. The zero-order chi connectivity index (χ0) is 13.4. The molecule has 0 radical (unpaired) electrons. The topological polar surface area (TPSA) is 26.3 Å². The number of methoxy groups -OCH3 is 1. The van der Waals surface area contributed by atoms with Crippen molar-refractivity contribution in [3.63, 3.8) is 0 Å². The molecular formula is C16H11BrO2. The Bertz CT molecular complexity index is 684. The number of fused-ring (bicyclic) bond motifs is 1. The van der Waals surface area contributed by atoms with Gasteiger partial charge in [0.2, 0.25) is 5.78 Å². The van der Waals surface area contributed by atoms with Crippen LogP contribution in [0.4, 0.5) is 0 Å². The zero-order valence-corrected chi connectivity index (χ0v) is 11.9. The predicted octanol–water partition coefficient (Wildman–Crippen LogP) is 4.05. The summed E-state index contributed by atoms with van der Waals surface area (Å²) in [6, 6.07) is 15.4. The normalized spacial score (nSPS) is 13.7. The summed E-state index contributed by atoms with van der Waals surface area (Å²) in [6.45, 7) is 0. The molecule has 19 heavy (non-hydrogen) atoms. The van der Waals surface area contributed by atoms with Crippen LogP contribution in [-0.4, -0.2) is 12.9 Å². The molecule has 0 saturated carbocycles. The molecular weight excluding hydrogens is 304 g/mol. The molecule has 0 unspecified atom stereocenters. The highest BCUT2D eigenvalue weighted by Gasteiger charge is 2.28. The van der Waals surface area contributed by atoms with Crippen LogP contribution in [-0.2, 0) is 0 Å². The first-order valence-corrected chi connectivity index (χ1v) is 6.70. The SMILES string of the molecule is COc1ccc(C2=C(Br)C(=O)c3ccccc32)cc1. The van der Waals surface area contributed by atoms with Crippen molar-refractivity contribution in [1.29, 1.82) is 0 Å². The molecule has 1 aliphatic carbocycles. The first kappa shape index (κ1) is 12.2. The minimum atomic E-state index is 0.0430. The third kappa shape index (κ3) is 1.90. The van der Waals surface area contributed by atoms with E-state index in [9.17, 15) is 4.79 Å². The van der Waals surface area contributed by atoms with Gasteiger partial charge in [-0.25, -0.2) is 0 Å². The van der Waals surface area contributed by atoms with Crippen molar-refractivity contribution in [2.75, 3.05) is 7.11 Å². The van der Waals surface area contributed by atoms with E-state index in [0.717, 1.165) is 28.0 Å². The summed E-state index contributed by atoms with van der Waals surface area (Å²) in [4.78, 5) is 12.2. The average Bonchev–Trinajstić information content (AvgIpc) is 2.72. The Hall–Kier alpha value is -1.87. The van der Waals surface area contributed by atoms with Crippen molar-refractivity contribution >= 4 is 27.3 Å². The number of ketones is 1. The number of hydrogen-bond acceptors (Lipinski definition) is 2. The third-order valence-electron chi connectivity index (χ3n) is 3.24. The fourth-order valence-electron chi connectivity index (χ4n) is 2.29. The van der Waals surface area contributed by atoms with Crippen LogP contribution in [0.5, 0.6) is 5.75 Å². The maximum atomic E-state index is 12.2. The highest BCUT2D eigenvalue weighted by molar-refractivity contribution is 9.12. The van der Waals surface area contributed by atoms with E-state index in [4.69, 9.17) is 4.74 Å². The predicted molar refractivity (Wildman–Crippen MR) is 78.7 cm³/mol. The molecule has 2 aromatic rings. The molecule has 0 amide bonds. The van der Waals surface area contributed by atoms with Crippen LogP contribution in [0.25, 0.3) is 5.57 Å². The summed E-state index contributed by atoms with van der Waals surface area (Å²) < 4.78 is 5.78. The van der Waals surface area contributed by atoms with E-state index in [2.05, 4.69) is 15.9 Å². The quantitative estimate of drug-likeness (QED) is 0.836. The number of benzene rings is 2. The molecule has 0 atom stereocenters. The lowest BCUT2D eigenvalue weighted by Crippen LogP contribution is -1.92. The van der Waals surface area contributed by atoms with Gasteiger partial charge in [-0.3, -0.25) is 4.79 Å². The van der Waals surface area contributed by atoms with Crippen molar-refractivity contribution in [3.05, 3.63) is 69.7 Å². The second kappa shape index (κ2) is 4.67. The third-order valence-corrected chi connectivity index (χ3v) is 4.00. The number of hydrogen-bond donors (Lipinski definition) is 0. The van der Waals surface area contributed by atoms with Gasteiger partial charge < -0.3 is 4.74 Å². The summed E-state index contributed by atoms with van der Waals surface area (Å²) in [6.07, 6.45) is 0. The summed E-state index contributed by atoms with van der Waals surface area (Å²) in [5, 5.41) is 0. The van der Waals surface area contributed by atoms with Gasteiger partial charge >= 0.3 is 0 Å². The summed E-state index contributed by atoms with van der Waals surface area (Å²) in [7, 11) is 1.64. The molecule has 2 aromatic carbocycles. The van der Waals surface area contributed by atoms with E-state index in [1.807, 2.05) is 48.5 Å². The Labute approximate surface area is 119 Å². The molecule has 0 aliphatic heterocycles. The summed E-state index contributed by atoms with van der Waals surface area (Å²) in [5.74, 6) is 0.847. The maximum Gasteiger partial charge on any atom is 0.201 e. The monoisotopic (exact) mass is 314 g/mol. The Morgan fingerprint density at radius 1 is 0.947 bits per heavy atom. The minimum Gasteiger partial charge on any atom is -0.497 e. The smallest absolute Gasteiger partial charge is 0.201 e. The average molecular weight is 315 g/mol. The van der Waals surface area contributed by atoms with Gasteiger partial charge in [0.25, 0.3) is 0 Å². The van der Waals surface area contributed by atoms with Gasteiger partial charge in [0, 0.05) is 11.1 Å². The van der Waals surface area contributed by atoms with E-state index in [1.165, 1.54) is 0 Å². The van der Waals surface area contributed by atoms with E-state index in [0.29, 0.717) is 4.48 Å². The van der Waals surface area contributed by atoms with E-state index < -0.39 is 0 Å². The van der Waals surface area contributed by atoms with Crippen LogP contribution < -0.4 is 4.74 Å². The molecule has 1 aliphatic rings. The molecule has 94 valence electrons. The summed E-state index contributed by atoms with van der Waals surface area (Å²) >= 11 is 3.42. The van der Waals surface area contributed by atoms with Crippen LogP contribution in [0.1, 0.15) is 21.5 Å². The fourth-order valence-corrected chi connectivity index (χ4v) is 2.95. The van der Waals surface area contributed by atoms with Gasteiger partial charge in [-0.15, -0.1) is 0 Å². The van der Waals surface area contributed by atoms with E-state index >= 15 is 0 Å². The molecule has 0 bridgehead atoms. The number of rotatable bonds is 2. The van der Waals surface area contributed by atoms with Crippen molar-refractivity contribution in [3.8, 4) is 5.75 Å². The highest BCUT2D eigenvalue weighted by Crippen LogP contribution is 2.40. The maximum absolute atomic E-state index is 12.2. The van der Waals surface area contributed by atoms with Crippen LogP contribution in [0.3, 0.4) is 0 Å². The van der Waals surface area contributed by atoms with Gasteiger partial charge in [0.1, 0.15) is 5.75 Å². The van der Waals surface area contributed by atoms with Gasteiger partial charge in [-0.05, 0) is 39.2 Å². The second-order valence-corrected chi connectivity index (χ2v) is 5.09. The first-order valence-electron chi connectivity index (χ1n) is 5.90. The zero-order valence-electron chi connectivity index (χ0n) is 10.3. The Kier molecular flexibility index (Phi) is 2.99. The molecule has 0 fully saturated rings.